The molecule has 1 N–H and O–H groups in total. The Morgan fingerprint density at radius 3 is 2.06 bits per heavy atom. The van der Waals surface area contributed by atoms with E-state index in [0.29, 0.717) is 0 Å². The Kier molecular flexibility index (Phi) is 7.39. The van der Waals surface area contributed by atoms with Crippen molar-refractivity contribution in [1.82, 2.24) is 4.90 Å². The number of nitrogens with zero attached hydrogens (tertiary/aromatic N) is 1. The van der Waals surface area contributed by atoms with Crippen molar-refractivity contribution in [3.8, 4) is 0 Å². The van der Waals surface area contributed by atoms with Crippen molar-refractivity contribution in [3.05, 3.63) is 0 Å². The maximum absolute atomic E-state index is 11.2. The maximum atomic E-state index is 11.2. The van der Waals surface area contributed by atoms with Crippen LogP contribution < -0.4 is 0 Å². The van der Waals surface area contributed by atoms with E-state index in [1.165, 1.54) is 25.7 Å². The third-order valence-electron chi connectivity index (χ3n) is 3.46. The van der Waals surface area contributed by atoms with Crippen molar-refractivity contribution in [2.24, 2.45) is 0 Å². The Balaban J connectivity index is 3.83. The molecule has 0 rings (SSSR count). The van der Waals surface area contributed by atoms with Gasteiger partial charge in [-0.1, -0.05) is 45.4 Å². The smallest absolute Gasteiger partial charge is 0.323 e. The van der Waals surface area contributed by atoms with Gasteiger partial charge in [0.25, 0.3) is 0 Å². The van der Waals surface area contributed by atoms with Crippen molar-refractivity contribution in [2.45, 2.75) is 64.3 Å². The van der Waals surface area contributed by atoms with Crippen molar-refractivity contribution in [2.75, 3.05) is 14.1 Å². The highest BCUT2D eigenvalue weighted by atomic mass is 16.4. The first-order valence-electron chi connectivity index (χ1n) is 6.36. The second kappa shape index (κ2) is 7.66. The average Bonchev–Trinajstić information content (AvgIpc) is 2.22. The number of aliphatic carboxylic acids is 1. The van der Waals surface area contributed by atoms with E-state index >= 15 is 0 Å². The first-order valence-corrected chi connectivity index (χ1v) is 6.36. The molecule has 0 aliphatic rings. The maximum Gasteiger partial charge on any atom is 0.323 e. The van der Waals surface area contributed by atoms with Crippen LogP contribution in [0.5, 0.6) is 0 Å². The van der Waals surface area contributed by atoms with Gasteiger partial charge in [0.2, 0.25) is 0 Å². The number of carbonyl (C=O) groups is 1. The Morgan fingerprint density at radius 2 is 1.62 bits per heavy atom. The third kappa shape index (κ3) is 4.97. The van der Waals surface area contributed by atoms with Gasteiger partial charge in [0.05, 0.1) is 0 Å². The minimum absolute atomic E-state index is 0.704. The summed E-state index contributed by atoms with van der Waals surface area (Å²) >= 11 is 0. The summed E-state index contributed by atoms with van der Waals surface area (Å²) in [4.78, 5) is 13.0. The van der Waals surface area contributed by atoms with E-state index in [2.05, 4.69) is 6.92 Å². The lowest BCUT2D eigenvalue weighted by molar-refractivity contribution is -0.149. The third-order valence-corrected chi connectivity index (χ3v) is 3.46. The fourth-order valence-electron chi connectivity index (χ4n) is 1.77. The van der Waals surface area contributed by atoms with Crippen LogP contribution in [0.3, 0.4) is 0 Å². The standard InChI is InChI=1S/C13H27NO2/c1-5-6-7-8-9-10-11-13(2,12(15)16)14(3)4/h5-11H2,1-4H3,(H,15,16). The fraction of sp³-hybridized carbons (Fsp3) is 0.923. The van der Waals surface area contributed by atoms with Crippen LogP contribution >= 0.6 is 0 Å². The molecule has 0 aromatic rings. The number of likely N-dealkylation sites (N-methyl/N-ethyl adjacent to an activating group) is 1. The van der Waals surface area contributed by atoms with Crippen molar-refractivity contribution < 1.29 is 9.90 Å². The van der Waals surface area contributed by atoms with E-state index in [0.717, 1.165) is 19.3 Å². The van der Waals surface area contributed by atoms with E-state index in [-0.39, 0.29) is 0 Å². The Hall–Kier alpha value is -0.570. The van der Waals surface area contributed by atoms with Crippen LogP contribution in [0.4, 0.5) is 0 Å². The van der Waals surface area contributed by atoms with Gasteiger partial charge in [0.1, 0.15) is 5.54 Å². The predicted molar refractivity (Wildman–Crippen MR) is 67.7 cm³/mol. The molecule has 3 nitrogen and oxygen atoms in total. The van der Waals surface area contributed by atoms with Gasteiger partial charge in [-0.3, -0.25) is 9.69 Å². The highest BCUT2D eigenvalue weighted by Gasteiger charge is 2.34. The normalized spacial score (nSPS) is 15.1. The van der Waals surface area contributed by atoms with E-state index in [1.54, 1.807) is 11.8 Å². The van der Waals surface area contributed by atoms with Crippen LogP contribution in [0, 0.1) is 0 Å². The summed E-state index contributed by atoms with van der Waals surface area (Å²) < 4.78 is 0. The summed E-state index contributed by atoms with van der Waals surface area (Å²) in [6.07, 6.45) is 7.95. The molecule has 1 unspecified atom stereocenters. The predicted octanol–water partition coefficient (Wildman–Crippen LogP) is 3.14. The van der Waals surface area contributed by atoms with Gasteiger partial charge < -0.3 is 5.11 Å². The minimum atomic E-state index is -0.717. The SMILES string of the molecule is CCCCCCCCC(C)(C(=O)O)N(C)C. The summed E-state index contributed by atoms with van der Waals surface area (Å²) in [7, 11) is 3.68. The molecule has 96 valence electrons. The van der Waals surface area contributed by atoms with Gasteiger partial charge in [0, 0.05) is 0 Å². The van der Waals surface area contributed by atoms with Gasteiger partial charge in [0.15, 0.2) is 0 Å². The van der Waals surface area contributed by atoms with Crippen molar-refractivity contribution in [1.29, 1.82) is 0 Å². The molecule has 0 aromatic carbocycles. The molecule has 0 aliphatic carbocycles. The van der Waals surface area contributed by atoms with Gasteiger partial charge in [-0.2, -0.15) is 0 Å². The van der Waals surface area contributed by atoms with Gasteiger partial charge in [-0.15, -0.1) is 0 Å². The lowest BCUT2D eigenvalue weighted by Gasteiger charge is -2.32. The van der Waals surface area contributed by atoms with E-state index in [4.69, 9.17) is 0 Å². The van der Waals surface area contributed by atoms with Crippen LogP contribution in [0.25, 0.3) is 0 Å². The fourth-order valence-corrected chi connectivity index (χ4v) is 1.77. The number of carboxylic acid groups (broad SMARTS) is 1. The molecule has 0 bridgehead atoms. The zero-order valence-corrected chi connectivity index (χ0v) is 11.3. The summed E-state index contributed by atoms with van der Waals surface area (Å²) in [5.41, 5.74) is -0.704. The van der Waals surface area contributed by atoms with E-state index < -0.39 is 11.5 Å². The number of rotatable bonds is 9. The largest absolute Gasteiger partial charge is 0.480 e. The molecular weight excluding hydrogens is 202 g/mol. The molecule has 0 saturated carbocycles. The lowest BCUT2D eigenvalue weighted by atomic mass is 9.93. The molecule has 3 heteroatoms. The van der Waals surface area contributed by atoms with Crippen LogP contribution in [-0.2, 0) is 4.79 Å². The minimum Gasteiger partial charge on any atom is -0.480 e. The zero-order valence-electron chi connectivity index (χ0n) is 11.3. The molecule has 16 heavy (non-hydrogen) atoms. The molecular formula is C13H27NO2. The quantitative estimate of drug-likeness (QED) is 0.617. The molecule has 0 spiro atoms. The molecule has 0 aliphatic heterocycles. The lowest BCUT2D eigenvalue weighted by Crippen LogP contribution is -2.48. The molecule has 0 aromatic heterocycles. The highest BCUT2D eigenvalue weighted by Crippen LogP contribution is 2.21. The number of unbranched alkanes of at least 4 members (excludes halogenated alkanes) is 5. The summed E-state index contributed by atoms with van der Waals surface area (Å²) in [6.45, 7) is 4.01. The molecule has 0 radical (unpaired) electrons. The van der Waals surface area contributed by atoms with Crippen LogP contribution in [-0.4, -0.2) is 35.6 Å². The molecule has 0 fully saturated rings. The van der Waals surface area contributed by atoms with Gasteiger partial charge in [-0.05, 0) is 27.4 Å². The number of carboxylic acids is 1. The summed E-state index contributed by atoms with van der Waals surface area (Å²) in [5.74, 6) is -0.717. The second-order valence-electron chi connectivity index (χ2n) is 4.99. The topological polar surface area (TPSA) is 40.5 Å². The molecule has 0 amide bonds. The van der Waals surface area contributed by atoms with Crippen molar-refractivity contribution >= 4 is 5.97 Å². The Labute approximate surface area is 99.8 Å². The molecule has 1 atom stereocenters. The molecule has 0 heterocycles. The van der Waals surface area contributed by atoms with Crippen LogP contribution in [0.1, 0.15) is 58.8 Å². The van der Waals surface area contributed by atoms with Gasteiger partial charge >= 0.3 is 5.97 Å². The monoisotopic (exact) mass is 229 g/mol. The van der Waals surface area contributed by atoms with Crippen LogP contribution in [0.2, 0.25) is 0 Å². The number of hydrogen-bond donors (Lipinski definition) is 1. The van der Waals surface area contributed by atoms with Crippen molar-refractivity contribution in [3.63, 3.8) is 0 Å². The number of hydrogen-bond acceptors (Lipinski definition) is 2. The van der Waals surface area contributed by atoms with E-state index in [1.807, 2.05) is 14.1 Å². The van der Waals surface area contributed by atoms with E-state index in [9.17, 15) is 9.90 Å². The highest BCUT2D eigenvalue weighted by molar-refractivity contribution is 5.78. The van der Waals surface area contributed by atoms with Crippen LogP contribution in [0.15, 0.2) is 0 Å². The molecule has 0 saturated heterocycles. The average molecular weight is 229 g/mol. The zero-order chi connectivity index (χ0) is 12.6. The Bertz CT molecular complexity index is 204. The Morgan fingerprint density at radius 1 is 1.12 bits per heavy atom. The first-order chi connectivity index (χ1) is 7.45. The summed E-state index contributed by atoms with van der Waals surface area (Å²) in [5, 5.41) is 9.20. The van der Waals surface area contributed by atoms with Gasteiger partial charge in [-0.25, -0.2) is 0 Å². The first kappa shape index (κ1) is 15.4. The summed E-state index contributed by atoms with van der Waals surface area (Å²) in [6, 6.07) is 0. The second-order valence-corrected chi connectivity index (χ2v) is 4.99.